The van der Waals surface area contributed by atoms with Crippen LogP contribution in [0.5, 0.6) is 0 Å². The van der Waals surface area contributed by atoms with E-state index in [2.05, 4.69) is 39.9 Å². The van der Waals surface area contributed by atoms with Gasteiger partial charge in [-0.25, -0.2) is 0 Å². The largest absolute Gasteiger partial charge is 0.107 e. The molecule has 0 atom stereocenters. The lowest BCUT2D eigenvalue weighted by Crippen LogP contribution is -1.91. The molecule has 0 nitrogen and oxygen atoms in total. The second-order valence-electron chi connectivity index (χ2n) is 2.72. The molecule has 0 spiro atoms. The molecule has 0 N–H and O–H groups in total. The third kappa shape index (κ3) is 1.23. The molecular weight excluding hydrogens is 119 g/mol. The van der Waals surface area contributed by atoms with Crippen LogP contribution in [0.25, 0.3) is 0 Å². The van der Waals surface area contributed by atoms with E-state index in [0.717, 1.165) is 6.32 Å². The zero-order chi connectivity index (χ0) is 7.56. The molecule has 0 saturated carbocycles. The van der Waals surface area contributed by atoms with E-state index < -0.39 is 0 Å². The van der Waals surface area contributed by atoms with E-state index in [1.165, 1.54) is 16.7 Å². The Morgan fingerprint density at radius 3 is 2.00 bits per heavy atom. The van der Waals surface area contributed by atoms with Crippen molar-refractivity contribution in [3.63, 3.8) is 0 Å². The van der Waals surface area contributed by atoms with Gasteiger partial charge in [0.15, 0.2) is 0 Å². The Morgan fingerprint density at radius 1 is 1.20 bits per heavy atom. The first-order valence-corrected chi connectivity index (χ1v) is 3.80. The fraction of sp³-hybridized carbons (Fsp3) is 0.333. The number of hydrogen-bond donors (Lipinski definition) is 0. The molecular formula is C9H13B. The first kappa shape index (κ1) is 7.39. The first-order chi connectivity index (χ1) is 4.75. The Labute approximate surface area is 63.7 Å². The number of rotatable bonds is 1. The maximum atomic E-state index is 2.20. The van der Waals surface area contributed by atoms with Gasteiger partial charge in [-0.3, -0.25) is 0 Å². The number of hydrogen-bond acceptors (Lipinski definition) is 0. The molecule has 52 valence electrons. The molecule has 0 unspecified atom stereocenters. The predicted molar refractivity (Wildman–Crippen MR) is 48.2 cm³/mol. The van der Waals surface area contributed by atoms with Gasteiger partial charge in [-0.15, -0.1) is 0 Å². The maximum absolute atomic E-state index is 2.20. The van der Waals surface area contributed by atoms with E-state index in [4.69, 9.17) is 0 Å². The van der Waals surface area contributed by atoms with Crippen molar-refractivity contribution in [3.8, 4) is 0 Å². The highest BCUT2D eigenvalue weighted by molar-refractivity contribution is 6.08. The van der Waals surface area contributed by atoms with Gasteiger partial charge in [0.2, 0.25) is 0 Å². The van der Waals surface area contributed by atoms with Crippen molar-refractivity contribution in [2.75, 3.05) is 0 Å². The second-order valence-corrected chi connectivity index (χ2v) is 2.72. The molecule has 1 heteroatoms. The minimum atomic E-state index is 1.15. The zero-order valence-corrected chi connectivity index (χ0v) is 6.94. The van der Waals surface area contributed by atoms with E-state index in [0.29, 0.717) is 0 Å². The van der Waals surface area contributed by atoms with Gasteiger partial charge in [0.05, 0.1) is 0 Å². The lowest BCUT2D eigenvalue weighted by Gasteiger charge is -2.05. The van der Waals surface area contributed by atoms with Crippen LogP contribution in [0.1, 0.15) is 16.7 Å². The van der Waals surface area contributed by atoms with Crippen LogP contribution >= 0.6 is 0 Å². The van der Waals surface area contributed by atoms with Gasteiger partial charge < -0.3 is 0 Å². The molecule has 0 heterocycles. The molecule has 1 aromatic carbocycles. The van der Waals surface area contributed by atoms with Crippen molar-refractivity contribution in [3.05, 3.63) is 34.9 Å². The summed E-state index contributed by atoms with van der Waals surface area (Å²) in [6, 6.07) is 6.46. The molecule has 0 aromatic heterocycles. The van der Waals surface area contributed by atoms with Crippen LogP contribution < -0.4 is 0 Å². The summed E-state index contributed by atoms with van der Waals surface area (Å²) in [7, 11) is 2.20. The van der Waals surface area contributed by atoms with Crippen LogP contribution in [0.3, 0.4) is 0 Å². The lowest BCUT2D eigenvalue weighted by atomic mass is 9.90. The van der Waals surface area contributed by atoms with E-state index in [1.807, 2.05) is 0 Å². The van der Waals surface area contributed by atoms with E-state index in [9.17, 15) is 0 Å². The molecule has 10 heavy (non-hydrogen) atoms. The van der Waals surface area contributed by atoms with Crippen LogP contribution in [0.15, 0.2) is 18.2 Å². The quantitative estimate of drug-likeness (QED) is 0.507. The number of aryl methyl sites for hydroxylation is 2. The maximum Gasteiger partial charge on any atom is 0.107 e. The SMILES string of the molecule is BCc1c(C)cccc1C. The molecule has 1 aromatic rings. The molecule has 0 amide bonds. The van der Waals surface area contributed by atoms with Gasteiger partial charge in [0.25, 0.3) is 0 Å². The highest BCUT2D eigenvalue weighted by atomic mass is 14.0. The molecule has 1 rings (SSSR count). The Kier molecular flexibility index (Phi) is 2.15. The lowest BCUT2D eigenvalue weighted by molar-refractivity contribution is 1.23. The van der Waals surface area contributed by atoms with Crippen molar-refractivity contribution < 1.29 is 0 Å². The summed E-state index contributed by atoms with van der Waals surface area (Å²) in [5.74, 6) is 0. The van der Waals surface area contributed by atoms with E-state index in [-0.39, 0.29) is 0 Å². The minimum absolute atomic E-state index is 1.15. The average molecular weight is 132 g/mol. The van der Waals surface area contributed by atoms with Crippen LogP contribution in [-0.2, 0) is 6.32 Å². The predicted octanol–water partition coefficient (Wildman–Crippen LogP) is 1.44. The summed E-state index contributed by atoms with van der Waals surface area (Å²) < 4.78 is 0. The highest BCUT2D eigenvalue weighted by Gasteiger charge is 1.96. The Morgan fingerprint density at radius 2 is 1.70 bits per heavy atom. The summed E-state index contributed by atoms with van der Waals surface area (Å²) in [4.78, 5) is 0. The third-order valence-corrected chi connectivity index (χ3v) is 2.00. The van der Waals surface area contributed by atoms with Gasteiger partial charge in [0, 0.05) is 0 Å². The van der Waals surface area contributed by atoms with Crippen LogP contribution in [0.2, 0.25) is 0 Å². The van der Waals surface area contributed by atoms with Crippen LogP contribution in [0.4, 0.5) is 0 Å². The molecule has 0 aliphatic rings. The Hall–Kier alpha value is -0.715. The van der Waals surface area contributed by atoms with Gasteiger partial charge in [-0.2, -0.15) is 0 Å². The van der Waals surface area contributed by atoms with Gasteiger partial charge in [0.1, 0.15) is 7.85 Å². The molecule has 0 radical (unpaired) electrons. The molecule has 0 aliphatic carbocycles. The van der Waals surface area contributed by atoms with Gasteiger partial charge in [-0.05, 0) is 25.0 Å². The first-order valence-electron chi connectivity index (χ1n) is 3.80. The van der Waals surface area contributed by atoms with E-state index in [1.54, 1.807) is 0 Å². The summed E-state index contributed by atoms with van der Waals surface area (Å²) >= 11 is 0. The normalized spacial score (nSPS) is 9.80. The van der Waals surface area contributed by atoms with E-state index >= 15 is 0 Å². The summed E-state index contributed by atoms with van der Waals surface area (Å²) in [5, 5.41) is 0. The fourth-order valence-electron chi connectivity index (χ4n) is 1.41. The summed E-state index contributed by atoms with van der Waals surface area (Å²) in [6.45, 7) is 4.34. The third-order valence-electron chi connectivity index (χ3n) is 2.00. The fourth-order valence-corrected chi connectivity index (χ4v) is 1.41. The highest BCUT2D eigenvalue weighted by Crippen LogP contribution is 2.11. The summed E-state index contributed by atoms with van der Waals surface area (Å²) in [6.07, 6.45) is 1.15. The van der Waals surface area contributed by atoms with Crippen LogP contribution in [0, 0.1) is 13.8 Å². The monoisotopic (exact) mass is 132 g/mol. The van der Waals surface area contributed by atoms with Crippen LogP contribution in [-0.4, -0.2) is 7.85 Å². The zero-order valence-electron chi connectivity index (χ0n) is 6.94. The Balaban J connectivity index is 3.17. The van der Waals surface area contributed by atoms with Crippen molar-refractivity contribution in [1.82, 2.24) is 0 Å². The molecule has 0 aliphatic heterocycles. The van der Waals surface area contributed by atoms with Gasteiger partial charge >= 0.3 is 0 Å². The Bertz CT molecular complexity index is 208. The smallest absolute Gasteiger partial charge is 0.0617 e. The summed E-state index contributed by atoms with van der Waals surface area (Å²) in [5.41, 5.74) is 4.34. The molecule has 0 saturated heterocycles. The standard InChI is InChI=1S/C9H13B/c1-7-4-3-5-8(2)9(7)6-10/h3-5H,6,10H2,1-2H3. The molecule has 0 fully saturated rings. The topological polar surface area (TPSA) is 0 Å². The van der Waals surface area contributed by atoms with Crippen molar-refractivity contribution in [1.29, 1.82) is 0 Å². The number of benzene rings is 1. The van der Waals surface area contributed by atoms with Crippen molar-refractivity contribution in [2.24, 2.45) is 0 Å². The van der Waals surface area contributed by atoms with Gasteiger partial charge in [-0.1, -0.05) is 30.1 Å². The second kappa shape index (κ2) is 2.91. The minimum Gasteiger partial charge on any atom is -0.0617 e. The van der Waals surface area contributed by atoms with Crippen molar-refractivity contribution in [2.45, 2.75) is 20.2 Å². The molecule has 0 bridgehead atoms. The average Bonchev–Trinajstić information content (AvgIpc) is 1.88. The van der Waals surface area contributed by atoms with Crippen molar-refractivity contribution >= 4 is 7.85 Å².